The largest absolute Gasteiger partial charge is 0.479 e. The molecule has 1 N–H and O–H groups in total. The molecule has 0 unspecified atom stereocenters. The molecule has 4 aromatic carbocycles. The van der Waals surface area contributed by atoms with Crippen LogP contribution in [0.4, 0.5) is 5.69 Å². The van der Waals surface area contributed by atoms with Crippen LogP contribution in [0.2, 0.25) is 5.02 Å². The van der Waals surface area contributed by atoms with Crippen molar-refractivity contribution in [3.05, 3.63) is 96.0 Å². The predicted octanol–water partition coefficient (Wildman–Crippen LogP) is 6.57. The second-order valence-corrected chi connectivity index (χ2v) is 7.19. The van der Waals surface area contributed by atoms with Crippen LogP contribution < -0.4 is 10.1 Å². The average molecular weight is 402 g/mol. The highest BCUT2D eigenvalue weighted by Gasteiger charge is 2.17. The summed E-state index contributed by atoms with van der Waals surface area (Å²) in [5.41, 5.74) is 2.83. The molecule has 4 aromatic rings. The van der Waals surface area contributed by atoms with Crippen molar-refractivity contribution in [2.75, 3.05) is 5.32 Å². The highest BCUT2D eigenvalue weighted by molar-refractivity contribution is 6.32. The molecule has 0 heterocycles. The summed E-state index contributed by atoms with van der Waals surface area (Å²) in [6.07, 6.45) is -0.700. The molecular weight excluding hydrogens is 382 g/mol. The number of hydrogen-bond acceptors (Lipinski definition) is 2. The minimum absolute atomic E-state index is 0.232. The maximum absolute atomic E-state index is 12.7. The van der Waals surface area contributed by atoms with Crippen molar-refractivity contribution in [1.82, 2.24) is 0 Å². The van der Waals surface area contributed by atoms with Crippen LogP contribution in [-0.2, 0) is 4.79 Å². The number of anilines is 1. The number of ether oxygens (including phenoxy) is 1. The Hall–Kier alpha value is -3.30. The van der Waals surface area contributed by atoms with E-state index in [0.29, 0.717) is 10.8 Å². The Morgan fingerprint density at radius 3 is 2.38 bits per heavy atom. The van der Waals surface area contributed by atoms with E-state index >= 15 is 0 Å². The van der Waals surface area contributed by atoms with E-state index < -0.39 is 6.10 Å². The number of halogens is 1. The van der Waals surface area contributed by atoms with Gasteiger partial charge in [-0.1, -0.05) is 84.4 Å². The molecule has 0 fully saturated rings. The third kappa shape index (κ3) is 4.25. The van der Waals surface area contributed by atoms with Crippen LogP contribution in [0.1, 0.15) is 6.92 Å². The van der Waals surface area contributed by atoms with Gasteiger partial charge >= 0.3 is 0 Å². The zero-order valence-corrected chi connectivity index (χ0v) is 16.7. The lowest BCUT2D eigenvalue weighted by atomic mass is 10.1. The maximum Gasteiger partial charge on any atom is 0.265 e. The fraction of sp³-hybridized carbons (Fsp3) is 0.0800. The summed E-state index contributed by atoms with van der Waals surface area (Å²) >= 11 is 6.41. The summed E-state index contributed by atoms with van der Waals surface area (Å²) in [4.78, 5) is 12.7. The SMILES string of the molecule is C[C@@H](Oc1ccc(-c2ccccc2)cc1Cl)C(=O)Nc1cccc2ccccc12. The van der Waals surface area contributed by atoms with Crippen LogP contribution in [0.15, 0.2) is 91.0 Å². The van der Waals surface area contributed by atoms with Gasteiger partial charge < -0.3 is 10.1 Å². The van der Waals surface area contributed by atoms with Gasteiger partial charge in [-0.25, -0.2) is 0 Å². The number of amides is 1. The van der Waals surface area contributed by atoms with Crippen molar-refractivity contribution >= 4 is 34.0 Å². The molecule has 0 saturated carbocycles. The highest BCUT2D eigenvalue weighted by atomic mass is 35.5. The Morgan fingerprint density at radius 2 is 1.59 bits per heavy atom. The van der Waals surface area contributed by atoms with Gasteiger partial charge in [0, 0.05) is 11.1 Å². The van der Waals surface area contributed by atoms with E-state index in [1.807, 2.05) is 84.9 Å². The van der Waals surface area contributed by atoms with E-state index in [2.05, 4.69) is 5.32 Å². The van der Waals surface area contributed by atoms with E-state index in [4.69, 9.17) is 16.3 Å². The minimum Gasteiger partial charge on any atom is -0.479 e. The van der Waals surface area contributed by atoms with E-state index in [9.17, 15) is 4.79 Å². The Labute approximate surface area is 174 Å². The lowest BCUT2D eigenvalue weighted by Crippen LogP contribution is -2.30. The number of fused-ring (bicyclic) bond motifs is 1. The quantitative estimate of drug-likeness (QED) is 0.411. The summed E-state index contributed by atoms with van der Waals surface area (Å²) < 4.78 is 5.84. The monoisotopic (exact) mass is 401 g/mol. The molecule has 0 aliphatic rings. The topological polar surface area (TPSA) is 38.3 Å². The molecule has 0 radical (unpaired) electrons. The van der Waals surface area contributed by atoms with Crippen LogP contribution in [-0.4, -0.2) is 12.0 Å². The first-order valence-corrected chi connectivity index (χ1v) is 9.80. The van der Waals surface area contributed by atoms with Crippen LogP contribution in [0.25, 0.3) is 21.9 Å². The van der Waals surface area contributed by atoms with Crippen LogP contribution in [0.3, 0.4) is 0 Å². The Balaban J connectivity index is 1.49. The Bertz CT molecular complexity index is 1150. The number of carbonyl (C=O) groups is 1. The van der Waals surface area contributed by atoms with Crippen molar-refractivity contribution in [2.24, 2.45) is 0 Å². The molecule has 3 nitrogen and oxygen atoms in total. The second-order valence-electron chi connectivity index (χ2n) is 6.79. The van der Waals surface area contributed by atoms with E-state index in [1.165, 1.54) is 0 Å². The van der Waals surface area contributed by atoms with Crippen LogP contribution in [0, 0.1) is 0 Å². The summed E-state index contributed by atoms with van der Waals surface area (Å²) in [6, 6.07) is 29.3. The lowest BCUT2D eigenvalue weighted by molar-refractivity contribution is -0.122. The third-order valence-corrected chi connectivity index (χ3v) is 5.05. The molecule has 1 amide bonds. The third-order valence-electron chi connectivity index (χ3n) is 4.76. The minimum atomic E-state index is -0.700. The van der Waals surface area contributed by atoms with E-state index in [0.717, 1.165) is 27.6 Å². The molecule has 0 saturated heterocycles. The number of carbonyl (C=O) groups excluding carboxylic acids is 1. The smallest absolute Gasteiger partial charge is 0.265 e. The molecule has 4 rings (SSSR count). The normalized spacial score (nSPS) is 11.8. The van der Waals surface area contributed by atoms with Gasteiger partial charge in [0.15, 0.2) is 6.10 Å². The zero-order chi connectivity index (χ0) is 20.2. The van der Waals surface area contributed by atoms with Crippen LogP contribution >= 0.6 is 11.6 Å². The molecule has 0 bridgehead atoms. The fourth-order valence-electron chi connectivity index (χ4n) is 3.22. The van der Waals surface area contributed by atoms with Gasteiger partial charge in [-0.2, -0.15) is 0 Å². The lowest BCUT2D eigenvalue weighted by Gasteiger charge is -2.17. The maximum atomic E-state index is 12.7. The van der Waals surface area contributed by atoms with Gasteiger partial charge in [-0.05, 0) is 41.6 Å². The first-order valence-electron chi connectivity index (χ1n) is 9.42. The first-order chi connectivity index (χ1) is 14.1. The van der Waals surface area contributed by atoms with Crippen LogP contribution in [0.5, 0.6) is 5.75 Å². The molecule has 29 heavy (non-hydrogen) atoms. The number of hydrogen-bond donors (Lipinski definition) is 1. The van der Waals surface area contributed by atoms with Gasteiger partial charge in [0.2, 0.25) is 0 Å². The molecule has 1 atom stereocenters. The average Bonchev–Trinajstić information content (AvgIpc) is 2.76. The molecule has 0 aliphatic heterocycles. The van der Waals surface area contributed by atoms with Crippen molar-refractivity contribution in [2.45, 2.75) is 13.0 Å². The summed E-state index contributed by atoms with van der Waals surface area (Å²) in [5.74, 6) is 0.247. The summed E-state index contributed by atoms with van der Waals surface area (Å²) in [7, 11) is 0. The van der Waals surface area contributed by atoms with Crippen molar-refractivity contribution in [3.63, 3.8) is 0 Å². The van der Waals surface area contributed by atoms with E-state index in [-0.39, 0.29) is 5.91 Å². The second kappa shape index (κ2) is 8.38. The molecule has 0 aromatic heterocycles. The first kappa shape index (κ1) is 19.0. The van der Waals surface area contributed by atoms with E-state index in [1.54, 1.807) is 13.0 Å². The number of nitrogens with one attached hydrogen (secondary N) is 1. The standard InChI is InChI=1S/C25H20ClNO2/c1-17(25(28)27-23-13-7-11-19-10-5-6-12-21(19)23)29-24-15-14-20(16-22(24)26)18-8-3-2-4-9-18/h2-17H,1H3,(H,27,28)/t17-/m1/s1. The van der Waals surface area contributed by atoms with Crippen molar-refractivity contribution in [3.8, 4) is 16.9 Å². The summed E-state index contributed by atoms with van der Waals surface area (Å²) in [6.45, 7) is 1.71. The van der Waals surface area contributed by atoms with Gasteiger partial charge in [-0.15, -0.1) is 0 Å². The van der Waals surface area contributed by atoms with Gasteiger partial charge in [0.05, 0.1) is 5.02 Å². The molecule has 144 valence electrons. The Kier molecular flexibility index (Phi) is 5.50. The highest BCUT2D eigenvalue weighted by Crippen LogP contribution is 2.31. The summed E-state index contributed by atoms with van der Waals surface area (Å²) in [5, 5.41) is 5.48. The molecule has 0 aliphatic carbocycles. The molecule has 0 spiro atoms. The van der Waals surface area contributed by atoms with Crippen molar-refractivity contribution < 1.29 is 9.53 Å². The predicted molar refractivity (Wildman–Crippen MR) is 120 cm³/mol. The number of benzene rings is 4. The van der Waals surface area contributed by atoms with Gasteiger partial charge in [0.1, 0.15) is 5.75 Å². The fourth-order valence-corrected chi connectivity index (χ4v) is 3.44. The molecular formula is C25H20ClNO2. The van der Waals surface area contributed by atoms with Gasteiger partial charge in [-0.3, -0.25) is 4.79 Å². The van der Waals surface area contributed by atoms with Gasteiger partial charge in [0.25, 0.3) is 5.91 Å². The Morgan fingerprint density at radius 1 is 0.862 bits per heavy atom. The van der Waals surface area contributed by atoms with Crippen molar-refractivity contribution in [1.29, 1.82) is 0 Å². The number of rotatable bonds is 5. The zero-order valence-electron chi connectivity index (χ0n) is 15.9. The molecule has 4 heteroatoms.